The molecule has 1 fully saturated rings. The van der Waals surface area contributed by atoms with Crippen LogP contribution in [-0.4, -0.2) is 31.0 Å². The Morgan fingerprint density at radius 2 is 2.05 bits per heavy atom. The van der Waals surface area contributed by atoms with E-state index in [1.54, 1.807) is 0 Å². The van der Waals surface area contributed by atoms with E-state index in [0.29, 0.717) is 13.2 Å². The Hall–Kier alpha value is -0.420. The molecule has 1 aliphatic carbocycles. The van der Waals surface area contributed by atoms with Crippen molar-refractivity contribution in [3.63, 3.8) is 0 Å². The van der Waals surface area contributed by atoms with Crippen LogP contribution in [-0.2, 0) is 4.74 Å². The molecule has 0 amide bonds. The molecule has 1 unspecified atom stereocenters. The SMILES string of the molecule is C[C@H](NCC(O)COCC1CC1)c1ccc(Br)cc1. The monoisotopic (exact) mass is 327 g/mol. The van der Waals surface area contributed by atoms with Gasteiger partial charge in [0.2, 0.25) is 0 Å². The second-order valence-electron chi connectivity index (χ2n) is 5.32. The normalized spacial score (nSPS) is 18.3. The summed E-state index contributed by atoms with van der Waals surface area (Å²) < 4.78 is 6.56. The topological polar surface area (TPSA) is 41.5 Å². The number of benzene rings is 1. The molecule has 19 heavy (non-hydrogen) atoms. The van der Waals surface area contributed by atoms with Crippen molar-refractivity contribution < 1.29 is 9.84 Å². The van der Waals surface area contributed by atoms with E-state index in [1.807, 2.05) is 12.1 Å². The van der Waals surface area contributed by atoms with Gasteiger partial charge in [0.05, 0.1) is 12.7 Å². The smallest absolute Gasteiger partial charge is 0.0897 e. The van der Waals surface area contributed by atoms with Gasteiger partial charge < -0.3 is 15.2 Å². The van der Waals surface area contributed by atoms with Crippen molar-refractivity contribution in [2.75, 3.05) is 19.8 Å². The third-order valence-electron chi connectivity index (χ3n) is 3.39. The van der Waals surface area contributed by atoms with Gasteiger partial charge in [-0.3, -0.25) is 0 Å². The molecule has 0 spiro atoms. The molecule has 1 aromatic carbocycles. The molecule has 106 valence electrons. The molecule has 2 atom stereocenters. The minimum Gasteiger partial charge on any atom is -0.389 e. The molecule has 4 heteroatoms. The van der Waals surface area contributed by atoms with E-state index in [9.17, 15) is 5.11 Å². The first-order chi connectivity index (χ1) is 9.15. The minimum absolute atomic E-state index is 0.228. The molecule has 0 aromatic heterocycles. The van der Waals surface area contributed by atoms with Crippen LogP contribution in [0.1, 0.15) is 31.4 Å². The number of halogens is 1. The van der Waals surface area contributed by atoms with Gasteiger partial charge in [-0.25, -0.2) is 0 Å². The molecule has 1 aliphatic rings. The van der Waals surface area contributed by atoms with Crippen LogP contribution >= 0.6 is 15.9 Å². The summed E-state index contributed by atoms with van der Waals surface area (Å²) in [5.74, 6) is 0.752. The number of aliphatic hydroxyl groups is 1. The van der Waals surface area contributed by atoms with E-state index in [0.717, 1.165) is 17.0 Å². The summed E-state index contributed by atoms with van der Waals surface area (Å²) >= 11 is 3.42. The van der Waals surface area contributed by atoms with E-state index < -0.39 is 6.10 Å². The lowest BCUT2D eigenvalue weighted by Gasteiger charge is -2.17. The molecule has 0 saturated heterocycles. The lowest BCUT2D eigenvalue weighted by molar-refractivity contribution is 0.0315. The van der Waals surface area contributed by atoms with E-state index in [2.05, 4.69) is 40.3 Å². The summed E-state index contributed by atoms with van der Waals surface area (Å²) in [5, 5.41) is 13.2. The fourth-order valence-corrected chi connectivity index (χ4v) is 2.16. The lowest BCUT2D eigenvalue weighted by Crippen LogP contribution is -2.32. The predicted octanol–water partition coefficient (Wildman–Crippen LogP) is 2.89. The summed E-state index contributed by atoms with van der Waals surface area (Å²) in [7, 11) is 0. The van der Waals surface area contributed by atoms with Crippen molar-refractivity contribution in [2.24, 2.45) is 5.92 Å². The standard InChI is InChI=1S/C15H22BrNO2/c1-11(13-4-6-14(16)7-5-13)17-8-15(18)10-19-9-12-2-3-12/h4-7,11-12,15,17-18H,2-3,8-10H2,1H3/t11-,15?/m0/s1. The zero-order valence-electron chi connectivity index (χ0n) is 11.3. The predicted molar refractivity (Wildman–Crippen MR) is 80.1 cm³/mol. The molecule has 0 radical (unpaired) electrons. The zero-order chi connectivity index (χ0) is 13.7. The second-order valence-corrected chi connectivity index (χ2v) is 6.23. The molecule has 0 heterocycles. The van der Waals surface area contributed by atoms with Crippen molar-refractivity contribution in [2.45, 2.75) is 31.9 Å². The molecular formula is C15H22BrNO2. The number of nitrogens with one attached hydrogen (secondary N) is 1. The number of aliphatic hydroxyl groups excluding tert-OH is 1. The van der Waals surface area contributed by atoms with E-state index in [1.165, 1.54) is 18.4 Å². The first-order valence-electron chi connectivity index (χ1n) is 6.90. The van der Waals surface area contributed by atoms with Crippen LogP contribution in [0, 0.1) is 5.92 Å². The maximum atomic E-state index is 9.83. The van der Waals surface area contributed by atoms with Gasteiger partial charge >= 0.3 is 0 Å². The largest absolute Gasteiger partial charge is 0.389 e. The Labute approximate surface area is 123 Å². The Bertz CT molecular complexity index is 378. The molecular weight excluding hydrogens is 306 g/mol. The van der Waals surface area contributed by atoms with Crippen LogP contribution < -0.4 is 5.32 Å². The molecule has 0 aliphatic heterocycles. The van der Waals surface area contributed by atoms with Crippen molar-refractivity contribution in [3.8, 4) is 0 Å². The average molecular weight is 328 g/mol. The van der Waals surface area contributed by atoms with E-state index >= 15 is 0 Å². The zero-order valence-corrected chi connectivity index (χ0v) is 12.9. The van der Waals surface area contributed by atoms with Crippen LogP contribution in [0.5, 0.6) is 0 Å². The maximum Gasteiger partial charge on any atom is 0.0897 e. The number of rotatable bonds is 8. The summed E-state index contributed by atoms with van der Waals surface area (Å²) in [6.45, 7) is 3.89. The summed E-state index contributed by atoms with van der Waals surface area (Å²) in [4.78, 5) is 0. The van der Waals surface area contributed by atoms with Gasteiger partial charge in [0.25, 0.3) is 0 Å². The molecule has 0 bridgehead atoms. The van der Waals surface area contributed by atoms with Gasteiger partial charge in [-0.1, -0.05) is 28.1 Å². The lowest BCUT2D eigenvalue weighted by atomic mass is 10.1. The van der Waals surface area contributed by atoms with Crippen molar-refractivity contribution in [1.29, 1.82) is 0 Å². The molecule has 2 rings (SSSR count). The van der Waals surface area contributed by atoms with Gasteiger partial charge in [-0.2, -0.15) is 0 Å². The van der Waals surface area contributed by atoms with Gasteiger partial charge in [0.15, 0.2) is 0 Å². The first kappa shape index (κ1) is 15.0. The quantitative estimate of drug-likeness (QED) is 0.771. The Morgan fingerprint density at radius 1 is 1.37 bits per heavy atom. The summed E-state index contributed by atoms with van der Waals surface area (Å²) in [6.07, 6.45) is 2.14. The number of ether oxygens (including phenoxy) is 1. The van der Waals surface area contributed by atoms with Crippen molar-refractivity contribution in [1.82, 2.24) is 5.32 Å². The van der Waals surface area contributed by atoms with Crippen LogP contribution in [0.2, 0.25) is 0 Å². The Morgan fingerprint density at radius 3 is 2.68 bits per heavy atom. The number of hydrogen-bond acceptors (Lipinski definition) is 3. The van der Waals surface area contributed by atoms with Crippen molar-refractivity contribution >= 4 is 15.9 Å². The fraction of sp³-hybridized carbons (Fsp3) is 0.600. The molecule has 1 aromatic rings. The van der Waals surface area contributed by atoms with Crippen LogP contribution in [0.25, 0.3) is 0 Å². The number of hydrogen-bond donors (Lipinski definition) is 2. The summed E-state index contributed by atoms with van der Waals surface area (Å²) in [6, 6.07) is 8.45. The highest BCUT2D eigenvalue weighted by Gasteiger charge is 2.21. The highest BCUT2D eigenvalue weighted by molar-refractivity contribution is 9.10. The highest BCUT2D eigenvalue weighted by Crippen LogP contribution is 2.28. The van der Waals surface area contributed by atoms with Crippen LogP contribution in [0.4, 0.5) is 0 Å². The average Bonchev–Trinajstić information content (AvgIpc) is 3.21. The molecule has 3 nitrogen and oxygen atoms in total. The molecule has 2 N–H and O–H groups in total. The molecule has 1 saturated carbocycles. The third kappa shape index (κ3) is 5.61. The highest BCUT2D eigenvalue weighted by atomic mass is 79.9. The third-order valence-corrected chi connectivity index (χ3v) is 3.92. The van der Waals surface area contributed by atoms with Gasteiger partial charge in [-0.15, -0.1) is 0 Å². The fourth-order valence-electron chi connectivity index (χ4n) is 1.90. The van der Waals surface area contributed by atoms with Gasteiger partial charge in [0, 0.05) is 23.7 Å². The second kappa shape index (κ2) is 7.39. The van der Waals surface area contributed by atoms with E-state index in [4.69, 9.17) is 4.74 Å². The maximum absolute atomic E-state index is 9.83. The van der Waals surface area contributed by atoms with Crippen LogP contribution in [0.15, 0.2) is 28.7 Å². The van der Waals surface area contributed by atoms with Gasteiger partial charge in [-0.05, 0) is 43.4 Å². The summed E-state index contributed by atoms with van der Waals surface area (Å²) in [5.41, 5.74) is 1.22. The Kier molecular flexibility index (Phi) is 5.82. The minimum atomic E-state index is -0.434. The van der Waals surface area contributed by atoms with Crippen molar-refractivity contribution in [3.05, 3.63) is 34.3 Å². The first-order valence-corrected chi connectivity index (χ1v) is 7.69. The van der Waals surface area contributed by atoms with Crippen LogP contribution in [0.3, 0.4) is 0 Å². The Balaban J connectivity index is 1.64. The van der Waals surface area contributed by atoms with Gasteiger partial charge in [0.1, 0.15) is 0 Å². The van der Waals surface area contributed by atoms with E-state index in [-0.39, 0.29) is 6.04 Å².